The molecule has 1 N–H and O–H groups in total. The molecule has 0 aromatic heterocycles. The predicted octanol–water partition coefficient (Wildman–Crippen LogP) is 1.67. The number of hydrogen-bond acceptors (Lipinski definition) is 3. The number of rotatable bonds is 4. The third-order valence-corrected chi connectivity index (χ3v) is 3.08. The van der Waals surface area contributed by atoms with Crippen LogP contribution in [-0.2, 0) is 0 Å². The van der Waals surface area contributed by atoms with Crippen LogP contribution in [-0.4, -0.2) is 43.7 Å². The molecule has 1 heterocycles. The van der Waals surface area contributed by atoms with E-state index in [4.69, 9.17) is 4.74 Å². The fraction of sp³-hybridized carbons (Fsp3) is 0.571. The number of nitrogens with zero attached hydrogens (tertiary/aromatic N) is 1. The third-order valence-electron chi connectivity index (χ3n) is 3.08. The average molecular weight is 234 g/mol. The van der Waals surface area contributed by atoms with Crippen molar-refractivity contribution in [2.24, 2.45) is 0 Å². The van der Waals surface area contributed by atoms with E-state index in [0.717, 1.165) is 38.5 Å². The van der Waals surface area contributed by atoms with Gasteiger partial charge in [0.05, 0.1) is 0 Å². The van der Waals surface area contributed by atoms with Gasteiger partial charge in [-0.2, -0.15) is 0 Å². The van der Waals surface area contributed by atoms with Gasteiger partial charge >= 0.3 is 0 Å². The van der Waals surface area contributed by atoms with Crippen molar-refractivity contribution in [1.29, 1.82) is 0 Å². The number of piperazine rings is 1. The molecule has 1 aromatic rings. The molecule has 0 radical (unpaired) electrons. The van der Waals surface area contributed by atoms with Gasteiger partial charge in [-0.3, -0.25) is 4.90 Å². The Labute approximate surface area is 104 Å². The van der Waals surface area contributed by atoms with Gasteiger partial charge in [-0.05, 0) is 26.0 Å². The Bertz CT molecular complexity index is 331. The van der Waals surface area contributed by atoms with Crippen LogP contribution in [0, 0.1) is 6.92 Å². The van der Waals surface area contributed by atoms with Crippen LogP contribution in [0.1, 0.15) is 12.5 Å². The number of hydrogen-bond donors (Lipinski definition) is 1. The SMILES string of the molecule is Cc1ccc(OC(C)CN2CCNCC2)cc1. The van der Waals surface area contributed by atoms with Gasteiger partial charge in [0.25, 0.3) is 0 Å². The zero-order valence-electron chi connectivity index (χ0n) is 10.8. The molecule has 94 valence electrons. The fourth-order valence-corrected chi connectivity index (χ4v) is 2.14. The molecule has 0 aliphatic carbocycles. The molecule has 3 nitrogen and oxygen atoms in total. The number of benzene rings is 1. The topological polar surface area (TPSA) is 24.5 Å². The van der Waals surface area contributed by atoms with E-state index in [2.05, 4.69) is 36.2 Å². The van der Waals surface area contributed by atoms with Crippen LogP contribution in [0.2, 0.25) is 0 Å². The first kappa shape index (κ1) is 12.4. The monoisotopic (exact) mass is 234 g/mol. The second kappa shape index (κ2) is 6.03. The summed E-state index contributed by atoms with van der Waals surface area (Å²) >= 11 is 0. The van der Waals surface area contributed by atoms with E-state index >= 15 is 0 Å². The second-order valence-electron chi connectivity index (χ2n) is 4.79. The summed E-state index contributed by atoms with van der Waals surface area (Å²) in [6.45, 7) is 9.68. The zero-order chi connectivity index (χ0) is 12.1. The summed E-state index contributed by atoms with van der Waals surface area (Å²) in [5.41, 5.74) is 1.27. The van der Waals surface area contributed by atoms with Gasteiger partial charge in [0, 0.05) is 32.7 Å². The molecule has 1 atom stereocenters. The number of ether oxygens (including phenoxy) is 1. The predicted molar refractivity (Wildman–Crippen MR) is 70.6 cm³/mol. The fourth-order valence-electron chi connectivity index (χ4n) is 2.14. The quantitative estimate of drug-likeness (QED) is 0.857. The van der Waals surface area contributed by atoms with Gasteiger partial charge in [0.2, 0.25) is 0 Å². The van der Waals surface area contributed by atoms with Crippen LogP contribution in [0.3, 0.4) is 0 Å². The van der Waals surface area contributed by atoms with Crippen LogP contribution in [0.15, 0.2) is 24.3 Å². The summed E-state index contributed by atoms with van der Waals surface area (Å²) in [7, 11) is 0. The largest absolute Gasteiger partial charge is 0.489 e. The van der Waals surface area contributed by atoms with Crippen molar-refractivity contribution in [1.82, 2.24) is 10.2 Å². The summed E-state index contributed by atoms with van der Waals surface area (Å²) in [4.78, 5) is 2.45. The van der Waals surface area contributed by atoms with Crippen molar-refractivity contribution in [2.45, 2.75) is 20.0 Å². The Hall–Kier alpha value is -1.06. The lowest BCUT2D eigenvalue weighted by Gasteiger charge is -2.29. The summed E-state index contributed by atoms with van der Waals surface area (Å²) in [6.07, 6.45) is 0.246. The van der Waals surface area contributed by atoms with E-state index in [9.17, 15) is 0 Å². The minimum absolute atomic E-state index is 0.246. The van der Waals surface area contributed by atoms with E-state index in [-0.39, 0.29) is 6.10 Å². The molecule has 1 aromatic carbocycles. The second-order valence-corrected chi connectivity index (χ2v) is 4.79. The Morgan fingerprint density at radius 2 is 1.88 bits per heavy atom. The number of aryl methyl sites for hydroxylation is 1. The highest BCUT2D eigenvalue weighted by Crippen LogP contribution is 2.13. The Morgan fingerprint density at radius 1 is 1.24 bits per heavy atom. The van der Waals surface area contributed by atoms with Crippen molar-refractivity contribution in [3.8, 4) is 5.75 Å². The summed E-state index contributed by atoms with van der Waals surface area (Å²) in [5, 5.41) is 3.36. The van der Waals surface area contributed by atoms with Crippen molar-refractivity contribution < 1.29 is 4.74 Å². The van der Waals surface area contributed by atoms with Crippen LogP contribution >= 0.6 is 0 Å². The molecule has 2 rings (SSSR count). The van der Waals surface area contributed by atoms with Crippen LogP contribution < -0.4 is 10.1 Å². The Morgan fingerprint density at radius 3 is 2.53 bits per heavy atom. The van der Waals surface area contributed by atoms with Crippen molar-refractivity contribution in [3.63, 3.8) is 0 Å². The molecule has 1 unspecified atom stereocenters. The Balaban J connectivity index is 1.79. The molecule has 3 heteroatoms. The normalized spacial score (nSPS) is 18.9. The standard InChI is InChI=1S/C14H22N2O/c1-12-3-5-14(6-4-12)17-13(2)11-16-9-7-15-8-10-16/h3-6,13,15H,7-11H2,1-2H3. The first-order chi connectivity index (χ1) is 8.24. The summed E-state index contributed by atoms with van der Waals surface area (Å²) in [5.74, 6) is 0.971. The van der Waals surface area contributed by atoms with Gasteiger partial charge < -0.3 is 10.1 Å². The van der Waals surface area contributed by atoms with Gasteiger partial charge in [0.1, 0.15) is 11.9 Å². The maximum atomic E-state index is 5.91. The maximum absolute atomic E-state index is 5.91. The highest BCUT2D eigenvalue weighted by molar-refractivity contribution is 5.26. The molecule has 0 bridgehead atoms. The molecule has 0 spiro atoms. The summed E-state index contributed by atoms with van der Waals surface area (Å²) in [6, 6.07) is 8.27. The molecule has 0 saturated carbocycles. The van der Waals surface area contributed by atoms with Crippen LogP contribution in [0.4, 0.5) is 0 Å². The van der Waals surface area contributed by atoms with Crippen molar-refractivity contribution in [2.75, 3.05) is 32.7 Å². The third kappa shape index (κ3) is 4.02. The lowest BCUT2D eigenvalue weighted by atomic mass is 10.2. The summed E-state index contributed by atoms with van der Waals surface area (Å²) < 4.78 is 5.91. The highest BCUT2D eigenvalue weighted by atomic mass is 16.5. The smallest absolute Gasteiger partial charge is 0.119 e. The van der Waals surface area contributed by atoms with E-state index in [1.807, 2.05) is 12.1 Å². The van der Waals surface area contributed by atoms with E-state index in [0.29, 0.717) is 0 Å². The van der Waals surface area contributed by atoms with Gasteiger partial charge in [0.15, 0.2) is 0 Å². The molecule has 1 fully saturated rings. The molecule has 1 saturated heterocycles. The lowest BCUT2D eigenvalue weighted by molar-refractivity contribution is 0.135. The van der Waals surface area contributed by atoms with Gasteiger partial charge in [-0.1, -0.05) is 17.7 Å². The molecule has 1 aliphatic rings. The molecular weight excluding hydrogens is 212 g/mol. The Kier molecular flexibility index (Phi) is 4.40. The minimum Gasteiger partial charge on any atom is -0.489 e. The first-order valence-electron chi connectivity index (χ1n) is 6.40. The van der Waals surface area contributed by atoms with Crippen LogP contribution in [0.5, 0.6) is 5.75 Å². The van der Waals surface area contributed by atoms with Crippen LogP contribution in [0.25, 0.3) is 0 Å². The first-order valence-corrected chi connectivity index (χ1v) is 6.40. The minimum atomic E-state index is 0.246. The van der Waals surface area contributed by atoms with Crippen molar-refractivity contribution in [3.05, 3.63) is 29.8 Å². The number of nitrogens with one attached hydrogen (secondary N) is 1. The van der Waals surface area contributed by atoms with E-state index < -0.39 is 0 Å². The van der Waals surface area contributed by atoms with E-state index in [1.165, 1.54) is 5.56 Å². The average Bonchev–Trinajstić information content (AvgIpc) is 2.33. The van der Waals surface area contributed by atoms with Crippen molar-refractivity contribution >= 4 is 0 Å². The van der Waals surface area contributed by atoms with Gasteiger partial charge in [-0.25, -0.2) is 0 Å². The molecule has 0 amide bonds. The highest BCUT2D eigenvalue weighted by Gasteiger charge is 2.13. The lowest BCUT2D eigenvalue weighted by Crippen LogP contribution is -2.46. The van der Waals surface area contributed by atoms with Gasteiger partial charge in [-0.15, -0.1) is 0 Å². The maximum Gasteiger partial charge on any atom is 0.119 e. The molecular formula is C14H22N2O. The molecule has 1 aliphatic heterocycles. The van der Waals surface area contributed by atoms with E-state index in [1.54, 1.807) is 0 Å². The molecule has 17 heavy (non-hydrogen) atoms. The zero-order valence-corrected chi connectivity index (χ0v) is 10.8.